The van der Waals surface area contributed by atoms with E-state index in [-0.39, 0.29) is 36.2 Å². The van der Waals surface area contributed by atoms with Crippen molar-refractivity contribution in [3.05, 3.63) is 39.9 Å². The van der Waals surface area contributed by atoms with Gasteiger partial charge < -0.3 is 15.7 Å². The van der Waals surface area contributed by atoms with Gasteiger partial charge in [-0.2, -0.15) is 0 Å². The van der Waals surface area contributed by atoms with E-state index in [1.165, 1.54) is 24.3 Å². The number of hydrogen-bond donors (Lipinski definition) is 3. The molecule has 1 aromatic carbocycles. The molecule has 2 rings (SSSR count). The van der Waals surface area contributed by atoms with Gasteiger partial charge in [-0.05, 0) is 31.4 Å². The fourth-order valence-corrected chi connectivity index (χ4v) is 2.76. The van der Waals surface area contributed by atoms with Gasteiger partial charge in [0.25, 0.3) is 11.6 Å². The van der Waals surface area contributed by atoms with Gasteiger partial charge in [0.15, 0.2) is 0 Å². The van der Waals surface area contributed by atoms with Crippen molar-refractivity contribution in [3.63, 3.8) is 0 Å². The van der Waals surface area contributed by atoms with E-state index in [0.29, 0.717) is 19.3 Å². The van der Waals surface area contributed by atoms with Crippen LogP contribution in [0.3, 0.4) is 0 Å². The summed E-state index contributed by atoms with van der Waals surface area (Å²) in [5.74, 6) is -1.92. The number of nitro groups is 1. The van der Waals surface area contributed by atoms with E-state index in [9.17, 15) is 24.5 Å². The molecule has 2 amide bonds. The van der Waals surface area contributed by atoms with Crippen molar-refractivity contribution in [1.29, 1.82) is 0 Å². The van der Waals surface area contributed by atoms with E-state index in [1.807, 2.05) is 0 Å². The zero-order valence-corrected chi connectivity index (χ0v) is 13.4. The summed E-state index contributed by atoms with van der Waals surface area (Å²) in [5, 5.41) is 24.8. The maximum absolute atomic E-state index is 11.9. The lowest BCUT2D eigenvalue weighted by Gasteiger charge is -2.12. The largest absolute Gasteiger partial charge is 0.481 e. The number of aliphatic carboxylic acids is 1. The zero-order valence-electron chi connectivity index (χ0n) is 13.4. The standard InChI is InChI=1S/C16H19N3O6/c20-14(18-12-4-1-11(9-12)16(22)23)7-8-17-15(21)10-2-5-13(6-3-10)19(24)25/h2-3,5-6,11-12H,1,4,7-9H2,(H,17,21)(H,18,20)(H,22,23)/t11-,12+/m1/s1. The Morgan fingerprint density at radius 1 is 1.20 bits per heavy atom. The number of rotatable bonds is 7. The summed E-state index contributed by atoms with van der Waals surface area (Å²) < 4.78 is 0. The van der Waals surface area contributed by atoms with Crippen LogP contribution in [0.25, 0.3) is 0 Å². The molecular formula is C16H19N3O6. The maximum atomic E-state index is 11.9. The lowest BCUT2D eigenvalue weighted by Crippen LogP contribution is -2.36. The van der Waals surface area contributed by atoms with Gasteiger partial charge in [-0.3, -0.25) is 24.5 Å². The molecule has 3 N–H and O–H groups in total. The first-order valence-electron chi connectivity index (χ1n) is 7.91. The fraction of sp³-hybridized carbons (Fsp3) is 0.438. The molecule has 25 heavy (non-hydrogen) atoms. The second-order valence-electron chi connectivity index (χ2n) is 5.92. The van der Waals surface area contributed by atoms with Crippen LogP contribution in [0, 0.1) is 16.0 Å². The second kappa shape index (κ2) is 8.22. The van der Waals surface area contributed by atoms with Gasteiger partial charge in [0, 0.05) is 36.7 Å². The normalized spacial score (nSPS) is 19.2. The Bertz CT molecular complexity index is 673. The number of benzene rings is 1. The molecule has 1 aliphatic carbocycles. The van der Waals surface area contributed by atoms with Crippen molar-refractivity contribution in [1.82, 2.24) is 10.6 Å². The van der Waals surface area contributed by atoms with Crippen LogP contribution in [0.2, 0.25) is 0 Å². The number of carboxylic acids is 1. The maximum Gasteiger partial charge on any atom is 0.306 e. The summed E-state index contributed by atoms with van der Waals surface area (Å²) in [4.78, 5) is 44.6. The summed E-state index contributed by atoms with van der Waals surface area (Å²) in [5.41, 5.74) is 0.165. The number of nitro benzene ring substituents is 1. The van der Waals surface area contributed by atoms with Crippen molar-refractivity contribution in [2.45, 2.75) is 31.7 Å². The van der Waals surface area contributed by atoms with Crippen LogP contribution in [0.4, 0.5) is 5.69 Å². The van der Waals surface area contributed by atoms with Crippen molar-refractivity contribution in [3.8, 4) is 0 Å². The zero-order chi connectivity index (χ0) is 18.4. The summed E-state index contributed by atoms with van der Waals surface area (Å²) in [6.45, 7) is 0.122. The van der Waals surface area contributed by atoms with E-state index in [4.69, 9.17) is 5.11 Å². The van der Waals surface area contributed by atoms with Crippen LogP contribution >= 0.6 is 0 Å². The first-order chi connectivity index (χ1) is 11.9. The molecule has 134 valence electrons. The van der Waals surface area contributed by atoms with E-state index < -0.39 is 22.7 Å². The Morgan fingerprint density at radius 2 is 1.88 bits per heavy atom. The van der Waals surface area contributed by atoms with Crippen LogP contribution in [0.5, 0.6) is 0 Å². The summed E-state index contributed by atoms with van der Waals surface area (Å²) in [7, 11) is 0. The van der Waals surface area contributed by atoms with E-state index in [2.05, 4.69) is 10.6 Å². The molecule has 0 bridgehead atoms. The predicted octanol–water partition coefficient (Wildman–Crippen LogP) is 1.08. The van der Waals surface area contributed by atoms with Crippen molar-refractivity contribution in [2.75, 3.05) is 6.54 Å². The third kappa shape index (κ3) is 5.27. The molecule has 0 spiro atoms. The number of carboxylic acid groups (broad SMARTS) is 1. The van der Waals surface area contributed by atoms with Crippen molar-refractivity contribution >= 4 is 23.5 Å². The molecular weight excluding hydrogens is 330 g/mol. The molecule has 9 heteroatoms. The number of amides is 2. The van der Waals surface area contributed by atoms with Crippen molar-refractivity contribution < 1.29 is 24.4 Å². The lowest BCUT2D eigenvalue weighted by molar-refractivity contribution is -0.384. The Kier molecular flexibility index (Phi) is 6.04. The number of hydrogen-bond acceptors (Lipinski definition) is 5. The predicted molar refractivity (Wildman–Crippen MR) is 87.0 cm³/mol. The highest BCUT2D eigenvalue weighted by molar-refractivity contribution is 5.94. The van der Waals surface area contributed by atoms with Crippen molar-refractivity contribution in [2.24, 2.45) is 5.92 Å². The molecule has 0 saturated heterocycles. The van der Waals surface area contributed by atoms with Crippen LogP contribution < -0.4 is 10.6 Å². The molecule has 0 aliphatic heterocycles. The summed E-state index contributed by atoms with van der Waals surface area (Å²) >= 11 is 0. The average Bonchev–Trinajstić information content (AvgIpc) is 3.03. The van der Waals surface area contributed by atoms with Gasteiger partial charge in [0.2, 0.25) is 5.91 Å². The van der Waals surface area contributed by atoms with Crippen LogP contribution in [-0.2, 0) is 9.59 Å². The molecule has 0 unspecified atom stereocenters. The quantitative estimate of drug-likeness (QED) is 0.497. The van der Waals surface area contributed by atoms with E-state index >= 15 is 0 Å². The van der Waals surface area contributed by atoms with Gasteiger partial charge in [0.05, 0.1) is 10.8 Å². The number of carbonyl (C=O) groups excluding carboxylic acids is 2. The van der Waals surface area contributed by atoms with Gasteiger partial charge in [-0.25, -0.2) is 0 Å². The fourth-order valence-electron chi connectivity index (χ4n) is 2.76. The molecule has 1 saturated carbocycles. The summed E-state index contributed by atoms with van der Waals surface area (Å²) in [6.07, 6.45) is 1.69. The minimum Gasteiger partial charge on any atom is -0.481 e. The molecule has 0 heterocycles. The molecule has 0 radical (unpaired) electrons. The third-order valence-electron chi connectivity index (χ3n) is 4.12. The van der Waals surface area contributed by atoms with Gasteiger partial charge in [-0.1, -0.05) is 0 Å². The summed E-state index contributed by atoms with van der Waals surface area (Å²) in [6, 6.07) is 5.02. The molecule has 9 nitrogen and oxygen atoms in total. The molecule has 0 aromatic heterocycles. The minimum atomic E-state index is -0.841. The second-order valence-corrected chi connectivity index (χ2v) is 5.92. The molecule has 1 aromatic rings. The molecule has 1 aliphatic rings. The number of non-ortho nitro benzene ring substituents is 1. The Labute approximate surface area is 143 Å². The van der Waals surface area contributed by atoms with Gasteiger partial charge in [0.1, 0.15) is 0 Å². The van der Waals surface area contributed by atoms with Crippen LogP contribution in [0.1, 0.15) is 36.0 Å². The highest BCUT2D eigenvalue weighted by Gasteiger charge is 2.30. The Hall–Kier alpha value is -2.97. The topological polar surface area (TPSA) is 139 Å². The van der Waals surface area contributed by atoms with E-state index in [1.54, 1.807) is 0 Å². The highest BCUT2D eigenvalue weighted by atomic mass is 16.6. The molecule has 1 fully saturated rings. The van der Waals surface area contributed by atoms with Crippen LogP contribution in [-0.4, -0.2) is 40.4 Å². The first kappa shape index (κ1) is 18.4. The van der Waals surface area contributed by atoms with Gasteiger partial charge in [-0.15, -0.1) is 0 Å². The van der Waals surface area contributed by atoms with E-state index in [0.717, 1.165) is 0 Å². The smallest absolute Gasteiger partial charge is 0.306 e. The minimum absolute atomic E-state index is 0.0763. The van der Waals surface area contributed by atoms with Gasteiger partial charge >= 0.3 is 5.97 Å². The SMILES string of the molecule is O=C(CCNC(=O)c1ccc([N+](=O)[O-])cc1)N[C@H]1CC[C@@H](C(=O)O)C1. The Balaban J connectivity index is 1.71. The average molecular weight is 349 g/mol. The molecule has 2 atom stereocenters. The number of carbonyl (C=O) groups is 3. The lowest BCUT2D eigenvalue weighted by atomic mass is 10.1. The number of nitrogens with zero attached hydrogens (tertiary/aromatic N) is 1. The van der Waals surface area contributed by atoms with Crippen LogP contribution in [0.15, 0.2) is 24.3 Å². The first-order valence-corrected chi connectivity index (χ1v) is 7.91. The monoisotopic (exact) mass is 349 g/mol. The highest BCUT2D eigenvalue weighted by Crippen LogP contribution is 2.25. The number of nitrogens with one attached hydrogen (secondary N) is 2. The Morgan fingerprint density at radius 3 is 2.44 bits per heavy atom. The third-order valence-corrected chi connectivity index (χ3v) is 4.12.